The zero-order chi connectivity index (χ0) is 17.8. The van der Waals surface area contributed by atoms with E-state index in [0.717, 1.165) is 30.1 Å². The van der Waals surface area contributed by atoms with Gasteiger partial charge in [-0.05, 0) is 87.4 Å². The standard InChI is InChI=1S/C23H38O2/c1-14-15(2)20-12-18(14)13-21(20)22(24)25-23(3,4)19-10-9-16-7-5-6-8-17(16)11-19/h14-21H,5-13H2,1-4H3. The predicted molar refractivity (Wildman–Crippen MR) is 101 cm³/mol. The van der Waals surface area contributed by atoms with E-state index in [0.29, 0.717) is 17.8 Å². The van der Waals surface area contributed by atoms with Crippen molar-refractivity contribution in [2.24, 2.45) is 47.3 Å². The monoisotopic (exact) mass is 346 g/mol. The fourth-order valence-corrected chi connectivity index (χ4v) is 7.13. The first kappa shape index (κ1) is 17.9. The van der Waals surface area contributed by atoms with Crippen LogP contribution in [0.15, 0.2) is 0 Å². The molecule has 4 aliphatic carbocycles. The molecule has 2 nitrogen and oxygen atoms in total. The maximum Gasteiger partial charge on any atom is 0.309 e. The Morgan fingerprint density at radius 1 is 0.840 bits per heavy atom. The highest BCUT2D eigenvalue weighted by Gasteiger charge is 2.52. The van der Waals surface area contributed by atoms with Crippen molar-refractivity contribution in [1.82, 2.24) is 0 Å². The molecule has 4 saturated carbocycles. The molecule has 0 heterocycles. The molecule has 0 saturated heterocycles. The van der Waals surface area contributed by atoms with Gasteiger partial charge in [-0.25, -0.2) is 0 Å². The second kappa shape index (κ2) is 6.57. The first-order valence-corrected chi connectivity index (χ1v) is 11.1. The van der Waals surface area contributed by atoms with Crippen LogP contribution >= 0.6 is 0 Å². The topological polar surface area (TPSA) is 26.3 Å². The Labute approximate surface area is 154 Å². The average molecular weight is 347 g/mol. The highest BCUT2D eigenvalue weighted by atomic mass is 16.6. The van der Waals surface area contributed by atoms with E-state index >= 15 is 0 Å². The fourth-order valence-electron chi connectivity index (χ4n) is 7.13. The van der Waals surface area contributed by atoms with Crippen molar-refractivity contribution in [3.8, 4) is 0 Å². The number of ether oxygens (including phenoxy) is 1. The maximum absolute atomic E-state index is 13.0. The van der Waals surface area contributed by atoms with Crippen LogP contribution in [0.25, 0.3) is 0 Å². The second-order valence-electron chi connectivity index (χ2n) is 10.6. The van der Waals surface area contributed by atoms with Crippen molar-refractivity contribution in [2.45, 2.75) is 91.1 Å². The molecule has 0 aromatic heterocycles. The smallest absolute Gasteiger partial charge is 0.309 e. The lowest BCUT2D eigenvalue weighted by Crippen LogP contribution is -2.44. The van der Waals surface area contributed by atoms with Crippen molar-refractivity contribution in [2.75, 3.05) is 0 Å². The van der Waals surface area contributed by atoms with Gasteiger partial charge in [-0.15, -0.1) is 0 Å². The lowest BCUT2D eigenvalue weighted by molar-refractivity contribution is -0.172. The Kier molecular flexibility index (Phi) is 4.69. The Morgan fingerprint density at radius 2 is 1.56 bits per heavy atom. The van der Waals surface area contributed by atoms with Gasteiger partial charge in [0.25, 0.3) is 0 Å². The van der Waals surface area contributed by atoms with Gasteiger partial charge in [0.2, 0.25) is 0 Å². The van der Waals surface area contributed by atoms with Crippen LogP contribution in [0.3, 0.4) is 0 Å². The van der Waals surface area contributed by atoms with Crippen LogP contribution in [0, 0.1) is 47.3 Å². The summed E-state index contributed by atoms with van der Waals surface area (Å²) >= 11 is 0. The first-order chi connectivity index (χ1) is 11.9. The Balaban J connectivity index is 1.37. The minimum absolute atomic E-state index is 0.127. The van der Waals surface area contributed by atoms with E-state index in [1.54, 1.807) is 0 Å². The molecular formula is C23H38O2. The summed E-state index contributed by atoms with van der Waals surface area (Å²) in [6.07, 6.45) is 11.9. The lowest BCUT2D eigenvalue weighted by atomic mass is 9.64. The largest absolute Gasteiger partial charge is 0.459 e. The van der Waals surface area contributed by atoms with Crippen molar-refractivity contribution >= 4 is 5.97 Å². The van der Waals surface area contributed by atoms with E-state index < -0.39 is 0 Å². The molecule has 4 fully saturated rings. The number of hydrogen-bond donors (Lipinski definition) is 0. The van der Waals surface area contributed by atoms with Gasteiger partial charge in [-0.1, -0.05) is 39.5 Å². The number of rotatable bonds is 3. The van der Waals surface area contributed by atoms with Crippen LogP contribution in [0.2, 0.25) is 0 Å². The molecule has 142 valence electrons. The van der Waals surface area contributed by atoms with E-state index in [1.165, 1.54) is 51.4 Å². The molecule has 0 amide bonds. The zero-order valence-electron chi connectivity index (χ0n) is 16.8. The van der Waals surface area contributed by atoms with Crippen molar-refractivity contribution in [3.63, 3.8) is 0 Å². The van der Waals surface area contributed by atoms with Crippen molar-refractivity contribution in [1.29, 1.82) is 0 Å². The molecule has 2 bridgehead atoms. The maximum atomic E-state index is 13.0. The zero-order valence-corrected chi connectivity index (χ0v) is 16.8. The van der Waals surface area contributed by atoms with Crippen molar-refractivity contribution < 1.29 is 9.53 Å². The van der Waals surface area contributed by atoms with Gasteiger partial charge in [0.05, 0.1) is 5.92 Å². The van der Waals surface area contributed by atoms with E-state index in [-0.39, 0.29) is 17.5 Å². The Morgan fingerprint density at radius 3 is 2.24 bits per heavy atom. The third-order valence-corrected chi connectivity index (χ3v) is 9.09. The van der Waals surface area contributed by atoms with E-state index in [2.05, 4.69) is 27.7 Å². The Bertz CT molecular complexity index is 508. The summed E-state index contributed by atoms with van der Waals surface area (Å²) in [5, 5.41) is 0. The molecule has 0 radical (unpaired) electrons. The average Bonchev–Trinajstić information content (AvgIpc) is 3.14. The summed E-state index contributed by atoms with van der Waals surface area (Å²) in [7, 11) is 0. The number of carbonyl (C=O) groups excluding carboxylic acids is 1. The van der Waals surface area contributed by atoms with Crippen LogP contribution in [0.5, 0.6) is 0 Å². The fraction of sp³-hybridized carbons (Fsp3) is 0.957. The molecule has 0 aromatic rings. The number of esters is 1. The lowest BCUT2D eigenvalue weighted by Gasteiger charge is -2.45. The number of carbonyl (C=O) groups is 1. The SMILES string of the molecule is CC1C2CC(C(=O)OC(C)(C)C3CCC4CCCCC4C3)C(C2)C1C. The summed E-state index contributed by atoms with van der Waals surface area (Å²) in [6, 6.07) is 0. The van der Waals surface area contributed by atoms with Gasteiger partial charge in [-0.2, -0.15) is 0 Å². The minimum atomic E-state index is -0.282. The van der Waals surface area contributed by atoms with Gasteiger partial charge in [0.15, 0.2) is 0 Å². The molecule has 0 spiro atoms. The summed E-state index contributed by atoms with van der Waals surface area (Å²) in [6.45, 7) is 9.11. The number of fused-ring (bicyclic) bond motifs is 3. The van der Waals surface area contributed by atoms with E-state index in [4.69, 9.17) is 4.74 Å². The van der Waals surface area contributed by atoms with Gasteiger partial charge < -0.3 is 4.74 Å². The molecule has 4 aliphatic rings. The number of hydrogen-bond acceptors (Lipinski definition) is 2. The van der Waals surface area contributed by atoms with Crippen LogP contribution in [0.4, 0.5) is 0 Å². The van der Waals surface area contributed by atoms with Crippen LogP contribution in [-0.4, -0.2) is 11.6 Å². The molecule has 0 aliphatic heterocycles. The molecule has 4 rings (SSSR count). The summed E-state index contributed by atoms with van der Waals surface area (Å²) in [5.41, 5.74) is -0.282. The molecule has 0 N–H and O–H groups in total. The summed E-state index contributed by atoms with van der Waals surface area (Å²) in [4.78, 5) is 13.0. The van der Waals surface area contributed by atoms with Crippen LogP contribution in [0.1, 0.15) is 85.5 Å². The van der Waals surface area contributed by atoms with Crippen LogP contribution < -0.4 is 0 Å². The molecule has 25 heavy (non-hydrogen) atoms. The Hall–Kier alpha value is -0.530. The van der Waals surface area contributed by atoms with Gasteiger partial charge in [-0.3, -0.25) is 4.79 Å². The molecule has 8 atom stereocenters. The highest BCUT2D eigenvalue weighted by Crippen LogP contribution is 2.55. The predicted octanol–water partition coefficient (Wildman–Crippen LogP) is 5.84. The van der Waals surface area contributed by atoms with Gasteiger partial charge in [0.1, 0.15) is 5.60 Å². The highest BCUT2D eigenvalue weighted by molar-refractivity contribution is 5.74. The molecule has 8 unspecified atom stereocenters. The normalized spacial score (nSPS) is 46.7. The minimum Gasteiger partial charge on any atom is -0.459 e. The second-order valence-corrected chi connectivity index (χ2v) is 10.6. The summed E-state index contributed by atoms with van der Waals surface area (Å²) in [5.74, 6) is 5.56. The molecule has 2 heteroatoms. The summed E-state index contributed by atoms with van der Waals surface area (Å²) < 4.78 is 6.24. The van der Waals surface area contributed by atoms with Crippen molar-refractivity contribution in [3.05, 3.63) is 0 Å². The van der Waals surface area contributed by atoms with E-state index in [9.17, 15) is 4.79 Å². The van der Waals surface area contributed by atoms with Gasteiger partial charge in [0, 0.05) is 0 Å². The third-order valence-electron chi connectivity index (χ3n) is 9.09. The molecular weight excluding hydrogens is 308 g/mol. The first-order valence-electron chi connectivity index (χ1n) is 11.1. The van der Waals surface area contributed by atoms with Crippen LogP contribution in [-0.2, 0) is 9.53 Å². The van der Waals surface area contributed by atoms with Gasteiger partial charge >= 0.3 is 5.97 Å². The quantitative estimate of drug-likeness (QED) is 0.600. The van der Waals surface area contributed by atoms with E-state index in [1.807, 2.05) is 0 Å². The third kappa shape index (κ3) is 3.16. The molecule has 0 aromatic carbocycles.